The number of nitrogens with zero attached hydrogens (tertiary/aromatic N) is 2. The van der Waals surface area contributed by atoms with Crippen LogP contribution in [0.15, 0.2) is 60.7 Å². The number of fused-ring (bicyclic) bond motifs is 3. The maximum atomic E-state index is 5.49. The van der Waals surface area contributed by atoms with Crippen LogP contribution in [0.4, 0.5) is 0 Å². The van der Waals surface area contributed by atoms with Crippen LogP contribution in [0.5, 0.6) is 11.5 Å². The molecule has 1 aliphatic rings. The van der Waals surface area contributed by atoms with Gasteiger partial charge in [-0.1, -0.05) is 30.3 Å². The Morgan fingerprint density at radius 3 is 2.67 bits per heavy atom. The lowest BCUT2D eigenvalue weighted by atomic mass is 10.0. The van der Waals surface area contributed by atoms with E-state index in [1.54, 1.807) is 0 Å². The molecular weight excluding hydrogens is 340 g/mol. The van der Waals surface area contributed by atoms with Gasteiger partial charge in [0, 0.05) is 5.39 Å². The molecule has 0 radical (unpaired) electrons. The lowest BCUT2D eigenvalue weighted by molar-refractivity contribution is 0.174. The van der Waals surface area contributed by atoms with Crippen LogP contribution in [0, 0.1) is 0 Å². The summed E-state index contributed by atoms with van der Waals surface area (Å²) in [5.41, 5.74) is 5.86. The van der Waals surface area contributed by atoms with Crippen molar-refractivity contribution in [2.45, 2.75) is 0 Å². The summed E-state index contributed by atoms with van der Waals surface area (Å²) in [6.45, 7) is 0.278. The SMILES string of the molecule is c1ccc2c(-c3nc4ccc(-c5ccc6c(c5)OCO6)cc4[nH]3)[nH]nc2c1. The number of aromatic nitrogens is 4. The van der Waals surface area contributed by atoms with E-state index in [1.165, 1.54) is 0 Å². The fraction of sp³-hybridized carbons (Fsp3) is 0.0476. The first-order valence-corrected chi connectivity index (χ1v) is 8.68. The first-order valence-electron chi connectivity index (χ1n) is 8.68. The van der Waals surface area contributed by atoms with Crippen LogP contribution >= 0.6 is 0 Å². The molecule has 6 rings (SSSR count). The summed E-state index contributed by atoms with van der Waals surface area (Å²) in [7, 11) is 0. The Balaban J connectivity index is 1.46. The minimum Gasteiger partial charge on any atom is -0.454 e. The van der Waals surface area contributed by atoms with Crippen LogP contribution < -0.4 is 9.47 Å². The van der Waals surface area contributed by atoms with E-state index in [2.05, 4.69) is 27.3 Å². The lowest BCUT2D eigenvalue weighted by Gasteiger charge is -2.03. The van der Waals surface area contributed by atoms with Crippen molar-refractivity contribution in [1.29, 1.82) is 0 Å². The number of para-hydroxylation sites is 1. The van der Waals surface area contributed by atoms with Crippen LogP contribution in [0.3, 0.4) is 0 Å². The third-order valence-corrected chi connectivity index (χ3v) is 4.89. The molecule has 1 aliphatic heterocycles. The molecule has 3 heterocycles. The maximum Gasteiger partial charge on any atom is 0.231 e. The lowest BCUT2D eigenvalue weighted by Crippen LogP contribution is -1.92. The van der Waals surface area contributed by atoms with Crippen molar-refractivity contribution in [2.24, 2.45) is 0 Å². The highest BCUT2D eigenvalue weighted by Crippen LogP contribution is 2.36. The fourth-order valence-corrected chi connectivity index (χ4v) is 3.52. The minimum atomic E-state index is 0.278. The molecule has 2 N–H and O–H groups in total. The number of imidazole rings is 1. The van der Waals surface area contributed by atoms with Gasteiger partial charge in [-0.2, -0.15) is 5.10 Å². The molecule has 0 amide bonds. The topological polar surface area (TPSA) is 75.8 Å². The van der Waals surface area contributed by atoms with E-state index < -0.39 is 0 Å². The zero-order valence-electron chi connectivity index (χ0n) is 14.2. The largest absolute Gasteiger partial charge is 0.454 e. The van der Waals surface area contributed by atoms with E-state index in [9.17, 15) is 0 Å². The van der Waals surface area contributed by atoms with Crippen molar-refractivity contribution in [1.82, 2.24) is 20.2 Å². The summed E-state index contributed by atoms with van der Waals surface area (Å²) < 4.78 is 10.9. The fourth-order valence-electron chi connectivity index (χ4n) is 3.52. The smallest absolute Gasteiger partial charge is 0.231 e. The zero-order valence-corrected chi connectivity index (χ0v) is 14.2. The number of hydrogen-bond acceptors (Lipinski definition) is 4. The van der Waals surface area contributed by atoms with Gasteiger partial charge in [0.1, 0.15) is 5.69 Å². The van der Waals surface area contributed by atoms with Gasteiger partial charge in [-0.05, 0) is 41.5 Å². The Hall–Kier alpha value is -3.80. The summed E-state index contributed by atoms with van der Waals surface area (Å²) >= 11 is 0. The zero-order chi connectivity index (χ0) is 17.8. The summed E-state index contributed by atoms with van der Waals surface area (Å²) in [5.74, 6) is 2.35. The van der Waals surface area contributed by atoms with Gasteiger partial charge < -0.3 is 14.5 Å². The van der Waals surface area contributed by atoms with Gasteiger partial charge >= 0.3 is 0 Å². The number of benzene rings is 3. The molecule has 27 heavy (non-hydrogen) atoms. The van der Waals surface area contributed by atoms with Crippen LogP contribution in [-0.4, -0.2) is 27.0 Å². The van der Waals surface area contributed by atoms with Crippen molar-refractivity contribution in [3.63, 3.8) is 0 Å². The molecule has 0 spiro atoms. The average molecular weight is 354 g/mol. The molecule has 5 aromatic rings. The predicted molar refractivity (Wildman–Crippen MR) is 103 cm³/mol. The quantitative estimate of drug-likeness (QED) is 0.489. The second-order valence-corrected chi connectivity index (χ2v) is 6.50. The molecule has 0 saturated heterocycles. The first kappa shape index (κ1) is 14.4. The van der Waals surface area contributed by atoms with E-state index >= 15 is 0 Å². The summed E-state index contributed by atoms with van der Waals surface area (Å²) in [6, 6.07) is 20.2. The van der Waals surface area contributed by atoms with E-state index in [-0.39, 0.29) is 6.79 Å². The molecule has 2 aromatic heterocycles. The summed E-state index contributed by atoms with van der Waals surface area (Å²) in [6.07, 6.45) is 0. The summed E-state index contributed by atoms with van der Waals surface area (Å²) in [4.78, 5) is 8.14. The van der Waals surface area contributed by atoms with E-state index in [4.69, 9.17) is 14.5 Å². The van der Waals surface area contributed by atoms with Gasteiger partial charge in [0.2, 0.25) is 6.79 Å². The first-order chi connectivity index (χ1) is 13.3. The molecule has 0 fully saturated rings. The Morgan fingerprint density at radius 1 is 0.815 bits per heavy atom. The number of rotatable bonds is 2. The van der Waals surface area contributed by atoms with Gasteiger partial charge in [0.05, 0.1) is 16.6 Å². The molecule has 6 nitrogen and oxygen atoms in total. The normalized spacial score (nSPS) is 12.9. The molecule has 0 atom stereocenters. The number of ether oxygens (including phenoxy) is 2. The Bertz CT molecular complexity index is 1320. The molecular formula is C21H14N4O2. The van der Waals surface area contributed by atoms with Crippen LogP contribution in [0.25, 0.3) is 44.6 Å². The van der Waals surface area contributed by atoms with Gasteiger partial charge in [0.25, 0.3) is 0 Å². The van der Waals surface area contributed by atoms with Crippen molar-refractivity contribution >= 4 is 21.9 Å². The van der Waals surface area contributed by atoms with Crippen molar-refractivity contribution in [3.8, 4) is 34.1 Å². The summed E-state index contributed by atoms with van der Waals surface area (Å²) in [5, 5.41) is 8.49. The molecule has 0 aliphatic carbocycles. The Labute approximate surface area is 153 Å². The van der Waals surface area contributed by atoms with Crippen molar-refractivity contribution in [2.75, 3.05) is 6.79 Å². The standard InChI is InChI=1S/C21H14N4O2/c1-2-4-15-14(3-1)20(25-24-15)21-22-16-7-5-12(9-17(16)23-21)13-6-8-18-19(10-13)27-11-26-18/h1-10H,11H2,(H,22,23)(H,24,25). The van der Waals surface area contributed by atoms with E-state index in [1.807, 2.05) is 48.5 Å². The van der Waals surface area contributed by atoms with Gasteiger partial charge in [-0.25, -0.2) is 4.98 Å². The predicted octanol–water partition coefficient (Wildman–Crippen LogP) is 4.50. The molecule has 0 saturated carbocycles. The van der Waals surface area contributed by atoms with Gasteiger partial charge in [-0.3, -0.25) is 5.10 Å². The van der Waals surface area contributed by atoms with E-state index in [0.29, 0.717) is 0 Å². The monoisotopic (exact) mass is 354 g/mol. The number of hydrogen-bond donors (Lipinski definition) is 2. The number of H-pyrrole nitrogens is 2. The highest BCUT2D eigenvalue weighted by Gasteiger charge is 2.15. The third kappa shape index (κ3) is 2.20. The Kier molecular flexibility index (Phi) is 2.85. The average Bonchev–Trinajstić information content (AvgIpc) is 3.43. The number of nitrogens with one attached hydrogen (secondary N) is 2. The van der Waals surface area contributed by atoms with Gasteiger partial charge in [-0.15, -0.1) is 0 Å². The second-order valence-electron chi connectivity index (χ2n) is 6.50. The van der Waals surface area contributed by atoms with Crippen LogP contribution in [0.1, 0.15) is 0 Å². The Morgan fingerprint density at radius 2 is 1.67 bits per heavy atom. The molecule has 0 unspecified atom stereocenters. The van der Waals surface area contributed by atoms with Crippen LogP contribution in [-0.2, 0) is 0 Å². The maximum absolute atomic E-state index is 5.49. The second kappa shape index (κ2) is 5.35. The van der Waals surface area contributed by atoms with Crippen molar-refractivity contribution in [3.05, 3.63) is 60.7 Å². The highest BCUT2D eigenvalue weighted by molar-refractivity contribution is 5.93. The van der Waals surface area contributed by atoms with Gasteiger partial charge in [0.15, 0.2) is 17.3 Å². The van der Waals surface area contributed by atoms with Crippen molar-refractivity contribution < 1.29 is 9.47 Å². The molecule has 0 bridgehead atoms. The van der Waals surface area contributed by atoms with E-state index in [0.717, 1.165) is 56.1 Å². The van der Waals surface area contributed by atoms with Crippen LogP contribution in [0.2, 0.25) is 0 Å². The number of aromatic amines is 2. The molecule has 6 heteroatoms. The highest BCUT2D eigenvalue weighted by atomic mass is 16.7. The minimum absolute atomic E-state index is 0.278. The third-order valence-electron chi connectivity index (χ3n) is 4.89. The molecule has 3 aromatic carbocycles. The molecule has 130 valence electrons.